The van der Waals surface area contributed by atoms with Crippen LogP contribution in [0.5, 0.6) is 0 Å². The average Bonchev–Trinajstić information content (AvgIpc) is 3.13. The molecule has 120 valence electrons. The van der Waals surface area contributed by atoms with Crippen LogP contribution in [0.2, 0.25) is 0 Å². The minimum atomic E-state index is -3.46. The molecule has 6 heteroatoms. The van der Waals surface area contributed by atoms with Crippen LogP contribution in [0.15, 0.2) is 17.2 Å². The van der Waals surface area contributed by atoms with Crippen LogP contribution in [0, 0.1) is 5.92 Å². The van der Waals surface area contributed by atoms with Crippen LogP contribution in [0.4, 0.5) is 0 Å². The fourth-order valence-corrected chi connectivity index (χ4v) is 4.59. The molecule has 1 heterocycles. The Morgan fingerprint density at radius 3 is 2.38 bits per heavy atom. The van der Waals surface area contributed by atoms with E-state index < -0.39 is 10.0 Å². The summed E-state index contributed by atoms with van der Waals surface area (Å²) in [6.07, 6.45) is 3.98. The van der Waals surface area contributed by atoms with Crippen LogP contribution in [-0.4, -0.2) is 29.9 Å². The minimum absolute atomic E-state index is 0.0545. The molecule has 1 saturated carbocycles. The van der Waals surface area contributed by atoms with Crippen molar-refractivity contribution < 1.29 is 8.42 Å². The summed E-state index contributed by atoms with van der Waals surface area (Å²) in [5, 5.41) is 0. The van der Waals surface area contributed by atoms with E-state index in [9.17, 15) is 8.42 Å². The zero-order chi connectivity index (χ0) is 15.8. The van der Waals surface area contributed by atoms with Gasteiger partial charge in [-0.05, 0) is 38.7 Å². The number of rotatable bonds is 7. The molecule has 0 spiro atoms. The third-order valence-electron chi connectivity index (χ3n) is 3.71. The van der Waals surface area contributed by atoms with Gasteiger partial charge in [-0.1, -0.05) is 13.8 Å². The predicted octanol–water partition coefficient (Wildman–Crippen LogP) is 3.62. The molecule has 1 aliphatic rings. The van der Waals surface area contributed by atoms with Gasteiger partial charge in [0.25, 0.3) is 0 Å². The number of halogens is 1. The van der Waals surface area contributed by atoms with Crippen molar-refractivity contribution in [3.63, 3.8) is 0 Å². The van der Waals surface area contributed by atoms with Crippen LogP contribution in [-0.2, 0) is 15.9 Å². The minimum Gasteiger partial charge on any atom is -0.346 e. The number of hydrogen-bond donors (Lipinski definition) is 0. The van der Waals surface area contributed by atoms with Gasteiger partial charge < -0.3 is 4.57 Å². The molecule has 0 radical (unpaired) electrons. The number of nitrogens with zero attached hydrogens (tertiary/aromatic N) is 2. The molecule has 0 N–H and O–H groups in total. The molecule has 0 bridgehead atoms. The monoisotopic (exact) mass is 332 g/mol. The lowest BCUT2D eigenvalue weighted by molar-refractivity contribution is 0.319. The molecule has 4 nitrogen and oxygen atoms in total. The summed E-state index contributed by atoms with van der Waals surface area (Å²) in [6.45, 7) is 8.43. The highest BCUT2D eigenvalue weighted by molar-refractivity contribution is 7.89. The number of sulfonamides is 1. The van der Waals surface area contributed by atoms with Gasteiger partial charge in [0.15, 0.2) is 0 Å². The molecular formula is C15H25ClN2O2S. The first-order valence-corrected chi connectivity index (χ1v) is 9.53. The molecule has 1 fully saturated rings. The predicted molar refractivity (Wildman–Crippen MR) is 86.1 cm³/mol. The second-order valence-corrected chi connectivity index (χ2v) is 8.66. The summed E-state index contributed by atoms with van der Waals surface area (Å²) in [5.74, 6) is 0.637. The van der Waals surface area contributed by atoms with Gasteiger partial charge in [-0.25, -0.2) is 8.42 Å². The Kier molecular flexibility index (Phi) is 5.06. The Morgan fingerprint density at radius 1 is 1.33 bits per heavy atom. The molecule has 0 aliphatic heterocycles. The fraction of sp³-hybridized carbons (Fsp3) is 0.733. The average molecular weight is 333 g/mol. The SMILES string of the molecule is CC(C)CN(C(C)C)S(=O)(=O)c1cc(CCl)n(C2CC2)c1. The number of hydrogen-bond acceptors (Lipinski definition) is 2. The third-order valence-corrected chi connectivity index (χ3v) is 5.99. The molecule has 1 aromatic heterocycles. The topological polar surface area (TPSA) is 42.3 Å². The highest BCUT2D eigenvalue weighted by Crippen LogP contribution is 2.38. The summed E-state index contributed by atoms with van der Waals surface area (Å²) < 4.78 is 29.4. The summed E-state index contributed by atoms with van der Waals surface area (Å²) in [5.41, 5.74) is 0.894. The van der Waals surface area contributed by atoms with Crippen molar-refractivity contribution in [3.8, 4) is 0 Å². The third kappa shape index (κ3) is 3.63. The van der Waals surface area contributed by atoms with E-state index in [1.165, 1.54) is 0 Å². The molecule has 0 saturated heterocycles. The highest BCUT2D eigenvalue weighted by atomic mass is 35.5. The van der Waals surface area contributed by atoms with Crippen molar-refractivity contribution in [2.45, 2.75) is 63.4 Å². The maximum Gasteiger partial charge on any atom is 0.244 e. The molecule has 2 rings (SSSR count). The Labute approximate surface area is 133 Å². The lowest BCUT2D eigenvalue weighted by Crippen LogP contribution is -2.39. The zero-order valence-corrected chi connectivity index (χ0v) is 14.8. The summed E-state index contributed by atoms with van der Waals surface area (Å²) in [4.78, 5) is 0.374. The van der Waals surface area contributed by atoms with Gasteiger partial charge >= 0.3 is 0 Å². The van der Waals surface area contributed by atoms with Crippen molar-refractivity contribution >= 4 is 21.6 Å². The zero-order valence-electron chi connectivity index (χ0n) is 13.2. The van der Waals surface area contributed by atoms with E-state index in [2.05, 4.69) is 0 Å². The van der Waals surface area contributed by atoms with Gasteiger partial charge in [-0.2, -0.15) is 4.31 Å². The fourth-order valence-electron chi connectivity index (χ4n) is 2.52. The molecule has 0 amide bonds. The smallest absolute Gasteiger partial charge is 0.244 e. The first kappa shape index (κ1) is 16.8. The Morgan fingerprint density at radius 2 is 1.95 bits per heavy atom. The number of alkyl halides is 1. The first-order valence-electron chi connectivity index (χ1n) is 7.56. The van der Waals surface area contributed by atoms with Crippen molar-refractivity contribution in [2.75, 3.05) is 6.54 Å². The maximum atomic E-state index is 12.9. The quantitative estimate of drug-likeness (QED) is 0.716. The largest absolute Gasteiger partial charge is 0.346 e. The van der Waals surface area contributed by atoms with Crippen LogP contribution < -0.4 is 0 Å². The van der Waals surface area contributed by atoms with E-state index in [1.807, 2.05) is 32.3 Å². The highest BCUT2D eigenvalue weighted by Gasteiger charge is 2.32. The molecule has 21 heavy (non-hydrogen) atoms. The van der Waals surface area contributed by atoms with E-state index in [-0.39, 0.29) is 6.04 Å². The Balaban J connectivity index is 2.37. The van der Waals surface area contributed by atoms with Crippen molar-refractivity contribution in [2.24, 2.45) is 5.92 Å². The first-order chi connectivity index (χ1) is 9.77. The van der Waals surface area contributed by atoms with Crippen LogP contribution in [0.1, 0.15) is 52.3 Å². The van der Waals surface area contributed by atoms with Crippen molar-refractivity contribution in [1.29, 1.82) is 0 Å². The van der Waals surface area contributed by atoms with Gasteiger partial charge in [0.1, 0.15) is 4.90 Å². The molecule has 1 aliphatic carbocycles. The standard InChI is InChI=1S/C15H25ClN2O2S/c1-11(2)9-18(12(3)4)21(19,20)15-7-14(8-16)17(10-15)13-5-6-13/h7,10-13H,5-6,8-9H2,1-4H3. The number of aromatic nitrogens is 1. The van der Waals surface area contributed by atoms with E-state index in [4.69, 9.17) is 11.6 Å². The second kappa shape index (κ2) is 6.31. The lowest BCUT2D eigenvalue weighted by atomic mass is 10.2. The summed E-state index contributed by atoms with van der Waals surface area (Å²) in [6, 6.07) is 2.11. The Bertz CT molecular complexity index is 589. The summed E-state index contributed by atoms with van der Waals surface area (Å²) >= 11 is 5.96. The molecule has 0 aromatic carbocycles. The van der Waals surface area contributed by atoms with Crippen LogP contribution in [0.25, 0.3) is 0 Å². The van der Waals surface area contributed by atoms with Gasteiger partial charge in [0, 0.05) is 30.5 Å². The summed E-state index contributed by atoms with van der Waals surface area (Å²) in [7, 11) is -3.46. The second-order valence-electron chi connectivity index (χ2n) is 6.50. The molecular weight excluding hydrogens is 308 g/mol. The lowest BCUT2D eigenvalue weighted by Gasteiger charge is -2.27. The van der Waals surface area contributed by atoms with Crippen LogP contribution in [0.3, 0.4) is 0 Å². The van der Waals surface area contributed by atoms with Crippen molar-refractivity contribution in [1.82, 2.24) is 8.87 Å². The van der Waals surface area contributed by atoms with Gasteiger partial charge in [-0.3, -0.25) is 0 Å². The van der Waals surface area contributed by atoms with Crippen molar-refractivity contribution in [3.05, 3.63) is 18.0 Å². The van der Waals surface area contributed by atoms with Crippen LogP contribution >= 0.6 is 11.6 Å². The Hall–Kier alpha value is -0.520. The molecule has 1 aromatic rings. The molecule has 0 unspecified atom stereocenters. The van der Waals surface area contributed by atoms with E-state index in [0.29, 0.717) is 29.3 Å². The maximum absolute atomic E-state index is 12.9. The van der Waals surface area contributed by atoms with E-state index >= 15 is 0 Å². The van der Waals surface area contributed by atoms with Gasteiger partial charge in [0.2, 0.25) is 10.0 Å². The van der Waals surface area contributed by atoms with Gasteiger partial charge in [0.05, 0.1) is 5.88 Å². The van der Waals surface area contributed by atoms with Gasteiger partial charge in [-0.15, -0.1) is 11.6 Å². The normalized spacial score (nSPS) is 16.4. The van der Waals surface area contributed by atoms with E-state index in [1.54, 1.807) is 16.6 Å². The molecule has 0 atom stereocenters. The van der Waals surface area contributed by atoms with E-state index in [0.717, 1.165) is 18.5 Å².